The maximum atomic E-state index is 15.8. The largest absolute Gasteiger partial charge is 0.438 e. The molecule has 65 heavy (non-hydrogen) atoms. The normalized spacial score (nSPS) is 22.0. The lowest BCUT2D eigenvalue weighted by molar-refractivity contribution is 0.0663. The van der Waals surface area contributed by atoms with E-state index in [1.807, 2.05) is 30.5 Å². The van der Waals surface area contributed by atoms with Crippen LogP contribution in [0.5, 0.6) is 0 Å². The number of fused-ring (bicyclic) bond motifs is 2. The van der Waals surface area contributed by atoms with Crippen molar-refractivity contribution in [2.45, 2.75) is 87.6 Å². The number of halogens is 2. The van der Waals surface area contributed by atoms with Gasteiger partial charge in [0.15, 0.2) is 5.82 Å². The number of imidazole rings is 1. The monoisotopic (exact) mass is 903 g/mol. The Bertz CT molecular complexity index is 3310. The van der Waals surface area contributed by atoms with Crippen LogP contribution in [0.25, 0.3) is 28.1 Å². The number of benzene rings is 3. The molecule has 15 nitrogen and oxygen atoms in total. The Morgan fingerprint density at radius 1 is 0.954 bits per heavy atom. The number of carbonyl (C=O) groups excluding carboxylic acids is 1. The van der Waals surface area contributed by atoms with E-state index in [4.69, 9.17) is 19.1 Å². The number of H-pyrrole nitrogens is 1. The summed E-state index contributed by atoms with van der Waals surface area (Å²) in [7, 11) is -3.22. The molecule has 1 saturated heterocycles. The Labute approximate surface area is 371 Å². The minimum absolute atomic E-state index is 0.00299. The van der Waals surface area contributed by atoms with Gasteiger partial charge in [-0.1, -0.05) is 25.1 Å². The molecule has 0 unspecified atom stereocenters. The van der Waals surface area contributed by atoms with Crippen molar-refractivity contribution in [1.82, 2.24) is 38.5 Å². The predicted octanol–water partition coefficient (Wildman–Crippen LogP) is 7.46. The molecule has 4 aromatic heterocycles. The van der Waals surface area contributed by atoms with E-state index < -0.39 is 38.6 Å². The van der Waals surface area contributed by atoms with Crippen LogP contribution in [-0.2, 0) is 26.4 Å². The molecular weight excluding hydrogens is 857 g/mol. The van der Waals surface area contributed by atoms with Crippen LogP contribution < -0.4 is 11.4 Å². The molecule has 0 spiro atoms. The zero-order chi connectivity index (χ0) is 45.1. The topological polar surface area (TPSA) is 179 Å². The summed E-state index contributed by atoms with van der Waals surface area (Å²) in [5.41, 5.74) is 3.08. The van der Waals surface area contributed by atoms with Crippen molar-refractivity contribution in [3.63, 3.8) is 0 Å². The Morgan fingerprint density at radius 3 is 2.42 bits per heavy atom. The SMILES string of the molecule is CC[S@](=N)(=O)c1ccc(-n2ccn(-c3c4c(nn3-c3ccc(F)c(C5CC5)c3)CCN(C(=O)c3cc5cc(C6CCOCC6)ccc5n3[C@@]3(c5noc(=O)[nH]5)C[C@@H]3C)[C@H]4C)c2=O)c(F)c1. The molecule has 2 aliphatic heterocycles. The van der Waals surface area contributed by atoms with Gasteiger partial charge in [0.25, 0.3) is 5.91 Å². The molecule has 4 atom stereocenters. The molecule has 1 amide bonds. The van der Waals surface area contributed by atoms with Crippen molar-refractivity contribution >= 4 is 26.5 Å². The molecule has 2 saturated carbocycles. The molecule has 18 heteroatoms. The van der Waals surface area contributed by atoms with Gasteiger partial charge in [0, 0.05) is 60.8 Å². The number of nitrogens with zero attached hydrogens (tertiary/aromatic N) is 7. The Kier molecular flexibility index (Phi) is 9.59. The third-order valence-corrected chi connectivity index (χ3v) is 16.0. The van der Waals surface area contributed by atoms with E-state index in [9.17, 15) is 13.8 Å². The van der Waals surface area contributed by atoms with Crippen LogP contribution in [0, 0.1) is 22.3 Å². The first kappa shape index (κ1) is 41.3. The highest BCUT2D eigenvalue weighted by molar-refractivity contribution is 7.92. The number of nitrogens with one attached hydrogen (secondary N) is 2. The van der Waals surface area contributed by atoms with Gasteiger partial charge in [-0.25, -0.2) is 32.0 Å². The van der Waals surface area contributed by atoms with Gasteiger partial charge in [0.05, 0.1) is 37.7 Å². The molecule has 11 rings (SSSR count). The summed E-state index contributed by atoms with van der Waals surface area (Å²) in [4.78, 5) is 47.1. The van der Waals surface area contributed by atoms with Gasteiger partial charge in [-0.2, -0.15) is 5.10 Å². The fraction of sp³-hybridized carbons (Fsp3) is 0.383. The van der Waals surface area contributed by atoms with E-state index in [0.29, 0.717) is 71.8 Å². The van der Waals surface area contributed by atoms with Crippen molar-refractivity contribution in [1.29, 1.82) is 4.78 Å². The van der Waals surface area contributed by atoms with E-state index in [1.165, 1.54) is 35.2 Å². The number of hydrogen-bond acceptors (Lipinski definition) is 9. The van der Waals surface area contributed by atoms with Crippen molar-refractivity contribution in [2.75, 3.05) is 25.5 Å². The lowest BCUT2D eigenvalue weighted by Crippen LogP contribution is -2.41. The molecule has 3 aromatic carbocycles. The molecule has 6 heterocycles. The van der Waals surface area contributed by atoms with Crippen LogP contribution >= 0.6 is 0 Å². The number of hydrogen-bond donors (Lipinski definition) is 2. The van der Waals surface area contributed by atoms with Gasteiger partial charge in [0.2, 0.25) is 0 Å². The van der Waals surface area contributed by atoms with E-state index in [-0.39, 0.29) is 46.4 Å². The second kappa shape index (κ2) is 15.1. The van der Waals surface area contributed by atoms with Crippen LogP contribution in [0.1, 0.15) is 109 Å². The van der Waals surface area contributed by atoms with Crippen LogP contribution in [0.4, 0.5) is 8.78 Å². The lowest BCUT2D eigenvalue weighted by Gasteiger charge is -2.34. The van der Waals surface area contributed by atoms with Crippen LogP contribution in [0.2, 0.25) is 0 Å². The van der Waals surface area contributed by atoms with E-state index in [2.05, 4.69) is 22.3 Å². The third kappa shape index (κ3) is 6.57. The molecule has 2 N–H and O–H groups in total. The zero-order valence-corrected chi connectivity index (χ0v) is 36.9. The predicted molar refractivity (Wildman–Crippen MR) is 236 cm³/mol. The number of amides is 1. The Hall–Kier alpha value is -6.40. The maximum Gasteiger partial charge on any atom is 0.438 e. The number of aromatic nitrogens is 7. The first-order valence-corrected chi connectivity index (χ1v) is 23.9. The average Bonchev–Trinajstić information content (AvgIpc) is 4.02. The van der Waals surface area contributed by atoms with Crippen LogP contribution in [-0.4, -0.2) is 74.1 Å². The van der Waals surface area contributed by atoms with Crippen LogP contribution in [0.15, 0.2) is 92.1 Å². The summed E-state index contributed by atoms with van der Waals surface area (Å²) in [6.45, 7) is 7.17. The quantitative estimate of drug-likeness (QED) is 0.142. The molecule has 0 bridgehead atoms. The van der Waals surface area contributed by atoms with Gasteiger partial charge in [-0.05, 0) is 123 Å². The molecule has 0 radical (unpaired) electrons. The van der Waals surface area contributed by atoms with E-state index >= 15 is 13.6 Å². The average molecular weight is 904 g/mol. The third-order valence-electron chi connectivity index (χ3n) is 14.2. The van der Waals surface area contributed by atoms with Gasteiger partial charge < -0.3 is 14.2 Å². The first-order chi connectivity index (χ1) is 31.3. The maximum absolute atomic E-state index is 15.8. The molecule has 7 aromatic rings. The van der Waals surface area contributed by atoms with Crippen molar-refractivity contribution < 1.29 is 27.0 Å². The molecule has 2 aliphatic carbocycles. The molecular formula is C47H47F2N9O6S. The summed E-state index contributed by atoms with van der Waals surface area (Å²) in [6.07, 6.45) is 7.36. The van der Waals surface area contributed by atoms with Gasteiger partial charge in [0.1, 0.15) is 28.7 Å². The summed E-state index contributed by atoms with van der Waals surface area (Å²) in [5, 5.41) is 10.1. The van der Waals surface area contributed by atoms with Gasteiger partial charge >= 0.3 is 11.4 Å². The van der Waals surface area contributed by atoms with Crippen LogP contribution in [0.3, 0.4) is 0 Å². The highest BCUT2D eigenvalue weighted by Crippen LogP contribution is 2.56. The number of carbonyl (C=O) groups is 1. The fourth-order valence-electron chi connectivity index (χ4n) is 10.3. The Morgan fingerprint density at radius 2 is 1.72 bits per heavy atom. The minimum atomic E-state index is -3.22. The van der Waals surface area contributed by atoms with Crippen molar-refractivity contribution in [2.24, 2.45) is 5.92 Å². The lowest BCUT2D eigenvalue weighted by atomic mass is 9.91. The summed E-state index contributed by atoms with van der Waals surface area (Å²) in [6, 6.07) is 16.1. The number of aromatic amines is 1. The smallest absolute Gasteiger partial charge is 0.381 e. The standard InChI is InChI=1S/C47H47F2N9O6S/c1-4-65(50,62)33-9-12-39(36(49)24-33)55-17-18-56(46(55)61)42-41-27(3)54(16-13-37(41)52-58(42)32-8-10-35(48)34(23-32)29-5-6-29)43(59)40-22-31-21-30(28-14-19-63-20-15-28)7-11-38(31)57(40)47(25-26(47)2)44-51-45(60)64-53-44/h7-12,17-18,21-24,26-29,50H,4-6,13-16,19-20,25H2,1-3H3,(H,51,53,60)/t26-,27-,47-,65-/m0/s1. The van der Waals surface area contributed by atoms with Gasteiger partial charge in [-0.3, -0.25) is 23.4 Å². The first-order valence-electron chi connectivity index (χ1n) is 22.2. The van der Waals surface area contributed by atoms with E-state index in [1.54, 1.807) is 28.6 Å². The second-order valence-electron chi connectivity index (χ2n) is 17.9. The van der Waals surface area contributed by atoms with Crippen molar-refractivity contribution in [3.8, 4) is 17.2 Å². The molecule has 4 aliphatic rings. The minimum Gasteiger partial charge on any atom is -0.381 e. The highest BCUT2D eigenvalue weighted by Gasteiger charge is 2.59. The van der Waals surface area contributed by atoms with E-state index in [0.717, 1.165) is 52.8 Å². The van der Waals surface area contributed by atoms with Crippen molar-refractivity contribution in [3.05, 3.63) is 140 Å². The summed E-state index contributed by atoms with van der Waals surface area (Å²) >= 11 is 0. The summed E-state index contributed by atoms with van der Waals surface area (Å²) < 4.78 is 68.8. The fourth-order valence-corrected chi connectivity index (χ4v) is 11.2. The molecule has 336 valence electrons. The Balaban J connectivity index is 1.05. The number of rotatable bonds is 10. The van der Waals surface area contributed by atoms with Gasteiger partial charge in [-0.15, -0.1) is 0 Å². The summed E-state index contributed by atoms with van der Waals surface area (Å²) in [5.74, 6) is -1.08. The molecule has 3 fully saturated rings. The zero-order valence-electron chi connectivity index (χ0n) is 36.1. The highest BCUT2D eigenvalue weighted by atomic mass is 32.2. The number of ether oxygens (including phenoxy) is 1. The second-order valence-corrected chi connectivity index (χ2v) is 20.3.